The first kappa shape index (κ1) is 18.7. The van der Waals surface area contributed by atoms with Crippen LogP contribution in [0.4, 0.5) is 0 Å². The van der Waals surface area contributed by atoms with Crippen LogP contribution in [-0.2, 0) is 33.0 Å². The van der Waals surface area contributed by atoms with E-state index in [0.29, 0.717) is 25.6 Å². The van der Waals surface area contributed by atoms with Crippen LogP contribution in [0.2, 0.25) is 0 Å². The van der Waals surface area contributed by atoms with E-state index in [2.05, 4.69) is 51.4 Å². The number of rotatable bonds is 8. The maximum atomic E-state index is 5.40. The second-order valence-electron chi connectivity index (χ2n) is 5.65. The lowest BCUT2D eigenvalue weighted by Gasteiger charge is -2.11. The number of nitrogens with zero attached hydrogens (tertiary/aromatic N) is 5. The Kier molecular flexibility index (Phi) is 6.73. The van der Waals surface area contributed by atoms with Gasteiger partial charge in [0.25, 0.3) is 0 Å². The average molecular weight is 345 g/mol. The first-order chi connectivity index (χ1) is 12.1. The summed E-state index contributed by atoms with van der Waals surface area (Å²) in [7, 11) is 1.94. The fraction of sp³-hybridized carbons (Fsp3) is 0.529. The molecule has 2 rings (SSSR count). The Balaban J connectivity index is 2.10. The number of guanidine groups is 1. The second-order valence-corrected chi connectivity index (χ2v) is 5.65. The van der Waals surface area contributed by atoms with Gasteiger partial charge in [0.2, 0.25) is 0 Å². The normalized spacial score (nSPS) is 11.6. The molecule has 0 saturated heterocycles. The second kappa shape index (κ2) is 9.00. The number of nitrogens with one attached hydrogen (secondary N) is 2. The molecule has 2 aromatic heterocycles. The number of aliphatic imine (C=N–C) groups is 1. The molecule has 0 radical (unpaired) electrons. The van der Waals surface area contributed by atoms with Crippen LogP contribution in [-0.4, -0.2) is 32.4 Å². The highest BCUT2D eigenvalue weighted by Gasteiger charge is 2.13. The maximum Gasteiger partial charge on any atom is 0.192 e. The van der Waals surface area contributed by atoms with Gasteiger partial charge in [-0.25, -0.2) is 4.99 Å². The fourth-order valence-electron chi connectivity index (χ4n) is 2.39. The van der Waals surface area contributed by atoms with Crippen molar-refractivity contribution < 1.29 is 4.52 Å². The number of hydrogen-bond donors (Lipinski definition) is 2. The molecule has 0 amide bonds. The van der Waals surface area contributed by atoms with Crippen LogP contribution in [0.3, 0.4) is 0 Å². The van der Waals surface area contributed by atoms with E-state index in [1.165, 1.54) is 0 Å². The Hall–Kier alpha value is -2.64. The lowest BCUT2D eigenvalue weighted by Crippen LogP contribution is -2.37. The van der Waals surface area contributed by atoms with E-state index in [1.54, 1.807) is 6.08 Å². The average Bonchev–Trinajstić information content (AvgIpc) is 3.17. The number of hydrogen-bond acceptors (Lipinski definition) is 5. The highest BCUT2D eigenvalue weighted by molar-refractivity contribution is 5.79. The molecule has 2 aromatic rings. The monoisotopic (exact) mass is 345 g/mol. The van der Waals surface area contributed by atoms with E-state index >= 15 is 0 Å². The molecule has 0 aliphatic carbocycles. The SMILES string of the molecule is C=CCNC(=NCc1c(CC)noc1CC)NCc1nnc(C)n1C. The van der Waals surface area contributed by atoms with Gasteiger partial charge < -0.3 is 19.7 Å². The molecule has 8 heteroatoms. The first-order valence-corrected chi connectivity index (χ1v) is 8.54. The summed E-state index contributed by atoms with van der Waals surface area (Å²) in [5.41, 5.74) is 2.03. The van der Waals surface area contributed by atoms with E-state index in [9.17, 15) is 0 Å². The minimum absolute atomic E-state index is 0.514. The Labute approximate surface area is 148 Å². The summed E-state index contributed by atoms with van der Waals surface area (Å²) in [6.45, 7) is 11.4. The van der Waals surface area contributed by atoms with Gasteiger partial charge in [-0.1, -0.05) is 25.1 Å². The zero-order valence-corrected chi connectivity index (χ0v) is 15.5. The van der Waals surface area contributed by atoms with Gasteiger partial charge in [0, 0.05) is 25.6 Å². The van der Waals surface area contributed by atoms with Gasteiger partial charge >= 0.3 is 0 Å². The summed E-state index contributed by atoms with van der Waals surface area (Å²) in [5, 5.41) is 18.8. The van der Waals surface area contributed by atoms with Crippen molar-refractivity contribution in [2.75, 3.05) is 6.54 Å². The lowest BCUT2D eigenvalue weighted by atomic mass is 10.1. The van der Waals surface area contributed by atoms with Crippen molar-refractivity contribution in [3.05, 3.63) is 41.3 Å². The molecule has 0 fully saturated rings. The first-order valence-electron chi connectivity index (χ1n) is 8.54. The van der Waals surface area contributed by atoms with Crippen LogP contribution in [0.25, 0.3) is 0 Å². The predicted molar refractivity (Wildman–Crippen MR) is 97.2 cm³/mol. The van der Waals surface area contributed by atoms with Crippen molar-refractivity contribution in [1.29, 1.82) is 0 Å². The molecule has 0 aliphatic rings. The number of aryl methyl sites for hydroxylation is 3. The zero-order valence-electron chi connectivity index (χ0n) is 15.5. The van der Waals surface area contributed by atoms with Crippen LogP contribution in [0.5, 0.6) is 0 Å². The topological polar surface area (TPSA) is 93.2 Å². The molecule has 25 heavy (non-hydrogen) atoms. The van der Waals surface area contributed by atoms with Crippen molar-refractivity contribution in [3.63, 3.8) is 0 Å². The van der Waals surface area contributed by atoms with Gasteiger partial charge in [0.15, 0.2) is 11.8 Å². The minimum atomic E-state index is 0.514. The molecule has 0 unspecified atom stereocenters. The predicted octanol–water partition coefficient (Wildman–Crippen LogP) is 1.66. The molecule has 2 N–H and O–H groups in total. The van der Waals surface area contributed by atoms with E-state index < -0.39 is 0 Å². The van der Waals surface area contributed by atoms with Crippen LogP contribution >= 0.6 is 0 Å². The van der Waals surface area contributed by atoms with Crippen LogP contribution in [0.1, 0.15) is 42.5 Å². The van der Waals surface area contributed by atoms with Gasteiger partial charge in [-0.05, 0) is 13.3 Å². The summed E-state index contributed by atoms with van der Waals surface area (Å²) >= 11 is 0. The third kappa shape index (κ3) is 4.68. The summed E-state index contributed by atoms with van der Waals surface area (Å²) in [4.78, 5) is 4.66. The Morgan fingerprint density at radius 3 is 2.68 bits per heavy atom. The zero-order chi connectivity index (χ0) is 18.2. The third-order valence-corrected chi connectivity index (χ3v) is 4.01. The lowest BCUT2D eigenvalue weighted by molar-refractivity contribution is 0.380. The molecule has 0 aliphatic heterocycles. The molecular weight excluding hydrogens is 318 g/mol. The fourth-order valence-corrected chi connectivity index (χ4v) is 2.39. The Morgan fingerprint density at radius 1 is 1.28 bits per heavy atom. The van der Waals surface area contributed by atoms with Gasteiger partial charge in [0.1, 0.15) is 11.6 Å². The van der Waals surface area contributed by atoms with Gasteiger partial charge in [-0.2, -0.15) is 0 Å². The van der Waals surface area contributed by atoms with E-state index in [-0.39, 0.29) is 0 Å². The van der Waals surface area contributed by atoms with Gasteiger partial charge in [-0.15, -0.1) is 16.8 Å². The molecule has 0 saturated carbocycles. The molecule has 0 atom stereocenters. The molecule has 0 spiro atoms. The van der Waals surface area contributed by atoms with Crippen molar-refractivity contribution in [3.8, 4) is 0 Å². The van der Waals surface area contributed by atoms with Crippen molar-refractivity contribution in [2.45, 2.75) is 46.7 Å². The largest absolute Gasteiger partial charge is 0.361 e. The van der Waals surface area contributed by atoms with Crippen LogP contribution < -0.4 is 10.6 Å². The molecule has 0 bridgehead atoms. The molecular formula is C17H27N7O. The quantitative estimate of drug-likeness (QED) is 0.429. The summed E-state index contributed by atoms with van der Waals surface area (Å²) in [6, 6.07) is 0. The highest BCUT2D eigenvalue weighted by atomic mass is 16.5. The van der Waals surface area contributed by atoms with Crippen molar-refractivity contribution >= 4 is 5.96 Å². The summed E-state index contributed by atoms with van der Waals surface area (Å²) < 4.78 is 7.35. The van der Waals surface area contributed by atoms with E-state index in [1.807, 2.05) is 18.5 Å². The van der Waals surface area contributed by atoms with E-state index in [4.69, 9.17) is 4.52 Å². The molecule has 2 heterocycles. The number of aromatic nitrogens is 4. The van der Waals surface area contributed by atoms with Crippen LogP contribution in [0.15, 0.2) is 22.2 Å². The van der Waals surface area contributed by atoms with Gasteiger partial charge in [0.05, 0.1) is 18.8 Å². The van der Waals surface area contributed by atoms with Crippen molar-refractivity contribution in [2.24, 2.45) is 12.0 Å². The summed E-state index contributed by atoms with van der Waals surface area (Å²) in [6.07, 6.45) is 3.42. The standard InChI is InChI=1S/C17H27N7O/c1-6-9-18-17(20-11-16-22-21-12(4)24(16)5)19-10-13-14(7-2)23-25-15(13)8-3/h6H,1,7-11H2,2-5H3,(H2,18,19,20). The smallest absolute Gasteiger partial charge is 0.192 e. The molecule has 0 aromatic carbocycles. The molecule has 136 valence electrons. The van der Waals surface area contributed by atoms with Gasteiger partial charge in [-0.3, -0.25) is 0 Å². The minimum Gasteiger partial charge on any atom is -0.361 e. The molecule has 8 nitrogen and oxygen atoms in total. The maximum absolute atomic E-state index is 5.40. The van der Waals surface area contributed by atoms with E-state index in [0.717, 1.165) is 41.5 Å². The van der Waals surface area contributed by atoms with Crippen molar-refractivity contribution in [1.82, 2.24) is 30.6 Å². The third-order valence-electron chi connectivity index (χ3n) is 4.01. The summed E-state index contributed by atoms with van der Waals surface area (Å²) in [5.74, 6) is 3.30. The highest BCUT2D eigenvalue weighted by Crippen LogP contribution is 2.16. The Bertz CT molecular complexity index is 708. The van der Waals surface area contributed by atoms with Crippen LogP contribution in [0, 0.1) is 6.92 Å². The Morgan fingerprint density at radius 2 is 2.08 bits per heavy atom.